The summed E-state index contributed by atoms with van der Waals surface area (Å²) in [6.45, 7) is 6.60. The van der Waals surface area contributed by atoms with Crippen LogP contribution in [-0.4, -0.2) is 61.1 Å². The lowest BCUT2D eigenvalue weighted by Gasteiger charge is -2.43. The fourth-order valence-electron chi connectivity index (χ4n) is 4.77. The van der Waals surface area contributed by atoms with Gasteiger partial charge in [0.05, 0.1) is 10.6 Å². The van der Waals surface area contributed by atoms with E-state index >= 15 is 0 Å². The fourth-order valence-corrected chi connectivity index (χ4v) is 5.04. The molecule has 0 aliphatic carbocycles. The Hall–Kier alpha value is -3.47. The number of carboxylic acids is 1. The number of hydrogen-bond acceptors (Lipinski definition) is 9. The zero-order valence-corrected chi connectivity index (χ0v) is 20.3. The number of fused-ring (bicyclic) bond motifs is 1. The Bertz CT molecular complexity index is 1290. The third kappa shape index (κ3) is 4.24. The molecule has 1 saturated heterocycles. The van der Waals surface area contributed by atoms with Crippen molar-refractivity contribution >= 4 is 29.4 Å². The Labute approximate surface area is 206 Å². The molecule has 0 saturated carbocycles. The van der Waals surface area contributed by atoms with E-state index in [9.17, 15) is 14.7 Å². The number of aliphatic carboxylic acids is 1. The van der Waals surface area contributed by atoms with Gasteiger partial charge in [-0.15, -0.1) is 15.0 Å². The largest absolute Gasteiger partial charge is 0.480 e. The molecule has 1 fully saturated rings. The van der Waals surface area contributed by atoms with E-state index in [1.54, 1.807) is 32.9 Å². The Balaban J connectivity index is 1.29. The number of benzene rings is 1. The summed E-state index contributed by atoms with van der Waals surface area (Å²) in [7, 11) is 0. The van der Waals surface area contributed by atoms with Crippen LogP contribution in [0.2, 0.25) is 5.02 Å². The van der Waals surface area contributed by atoms with Crippen molar-refractivity contribution in [2.24, 2.45) is 5.41 Å². The van der Waals surface area contributed by atoms with Gasteiger partial charge >= 0.3 is 11.9 Å². The molecule has 4 heterocycles. The molecule has 12 heteroatoms. The molecule has 0 radical (unpaired) electrons. The predicted octanol–water partition coefficient (Wildman–Crippen LogP) is 3.41. The Morgan fingerprint density at radius 3 is 2.69 bits per heavy atom. The molecule has 1 spiro atoms. The summed E-state index contributed by atoms with van der Waals surface area (Å²) in [5, 5.41) is 26.3. The molecule has 35 heavy (non-hydrogen) atoms. The third-order valence-corrected chi connectivity index (χ3v) is 6.87. The molecule has 3 aromatic rings. The summed E-state index contributed by atoms with van der Waals surface area (Å²) in [4.78, 5) is 27.5. The highest BCUT2D eigenvalue weighted by atomic mass is 35.5. The zero-order chi connectivity index (χ0) is 25.0. The lowest BCUT2D eigenvalue weighted by molar-refractivity contribution is -0.145. The minimum atomic E-state index is -1.05. The van der Waals surface area contributed by atoms with Crippen LogP contribution in [0.1, 0.15) is 55.6 Å². The van der Waals surface area contributed by atoms with Crippen LogP contribution in [0.4, 0.5) is 5.82 Å². The van der Waals surface area contributed by atoms with Crippen LogP contribution in [0.3, 0.4) is 0 Å². The zero-order valence-electron chi connectivity index (χ0n) is 19.6. The van der Waals surface area contributed by atoms with Crippen molar-refractivity contribution in [3.63, 3.8) is 0 Å². The lowest BCUT2D eigenvalue weighted by atomic mass is 9.81. The SMILES string of the molecule is CC(C)(C)C(C(=O)O)n1nnc(-c2cc(N3CCC4(CC3)Cc3cccc(Cl)c3C(=O)O4)no2)n1. The van der Waals surface area contributed by atoms with Crippen molar-refractivity contribution < 1.29 is 24.0 Å². The smallest absolute Gasteiger partial charge is 0.340 e. The molecule has 1 N–H and O–H groups in total. The number of carbonyl (C=O) groups is 2. The van der Waals surface area contributed by atoms with Crippen molar-refractivity contribution in [3.8, 4) is 11.6 Å². The molecule has 0 bridgehead atoms. The fraction of sp³-hybridized carbons (Fsp3) is 0.478. The second kappa shape index (κ2) is 8.33. The van der Waals surface area contributed by atoms with Crippen LogP contribution in [0.25, 0.3) is 11.6 Å². The van der Waals surface area contributed by atoms with Gasteiger partial charge < -0.3 is 19.3 Å². The Morgan fingerprint density at radius 2 is 2.00 bits per heavy atom. The average Bonchev–Trinajstić information content (AvgIpc) is 3.43. The third-order valence-electron chi connectivity index (χ3n) is 6.56. The number of aromatic nitrogens is 5. The van der Waals surface area contributed by atoms with Crippen LogP contribution in [0.15, 0.2) is 28.8 Å². The standard InChI is InChI=1S/C23H25ClN6O5/c1-22(2,3)18(20(31)32)30-26-19(25-28-30)15-11-16(27-35-15)29-9-7-23(8-10-29)12-13-5-4-6-14(24)17(13)21(33)34-23/h4-6,11,18H,7-10,12H2,1-3H3,(H,31,32). The van der Waals surface area contributed by atoms with Crippen molar-refractivity contribution in [3.05, 3.63) is 40.4 Å². The van der Waals surface area contributed by atoms with Gasteiger partial charge in [-0.3, -0.25) is 0 Å². The van der Waals surface area contributed by atoms with Crippen LogP contribution >= 0.6 is 11.6 Å². The number of carbonyl (C=O) groups excluding carboxylic acids is 1. The summed E-state index contributed by atoms with van der Waals surface area (Å²) < 4.78 is 11.3. The average molecular weight is 501 g/mol. The highest BCUT2D eigenvalue weighted by Gasteiger charge is 2.44. The van der Waals surface area contributed by atoms with Gasteiger partial charge in [0.1, 0.15) is 5.60 Å². The first kappa shape index (κ1) is 23.3. The molecule has 11 nitrogen and oxygen atoms in total. The van der Waals surface area contributed by atoms with E-state index in [2.05, 4.69) is 20.6 Å². The highest BCUT2D eigenvalue weighted by molar-refractivity contribution is 6.33. The summed E-state index contributed by atoms with van der Waals surface area (Å²) >= 11 is 6.20. The van der Waals surface area contributed by atoms with Gasteiger partial charge in [-0.25, -0.2) is 9.59 Å². The summed E-state index contributed by atoms with van der Waals surface area (Å²) in [6.07, 6.45) is 1.89. The first-order valence-electron chi connectivity index (χ1n) is 11.3. The molecule has 1 aromatic carbocycles. The number of halogens is 1. The number of tetrazole rings is 1. The molecule has 1 atom stereocenters. The Kier molecular flexibility index (Phi) is 5.54. The molecule has 5 rings (SSSR count). The van der Waals surface area contributed by atoms with Crippen molar-refractivity contribution in [2.75, 3.05) is 18.0 Å². The van der Waals surface area contributed by atoms with Crippen LogP contribution < -0.4 is 4.90 Å². The lowest BCUT2D eigenvalue weighted by Crippen LogP contribution is -2.50. The number of hydrogen-bond donors (Lipinski definition) is 1. The maximum absolute atomic E-state index is 12.6. The molecule has 2 aliphatic heterocycles. The van der Waals surface area contributed by atoms with Crippen molar-refractivity contribution in [1.29, 1.82) is 0 Å². The highest BCUT2D eigenvalue weighted by Crippen LogP contribution is 2.39. The maximum Gasteiger partial charge on any atom is 0.340 e. The topological polar surface area (TPSA) is 136 Å². The van der Waals surface area contributed by atoms with E-state index in [0.717, 1.165) is 10.4 Å². The first-order chi connectivity index (χ1) is 16.6. The second-order valence-electron chi connectivity index (χ2n) is 10.1. The molecule has 1 unspecified atom stereocenters. The van der Waals surface area contributed by atoms with Crippen molar-refractivity contribution in [1.82, 2.24) is 25.4 Å². The number of carboxylic acid groups (broad SMARTS) is 1. The number of rotatable bonds is 4. The van der Waals surface area contributed by atoms with Gasteiger partial charge in [-0.05, 0) is 22.3 Å². The summed E-state index contributed by atoms with van der Waals surface area (Å²) in [5.74, 6) is -0.379. The first-order valence-corrected chi connectivity index (χ1v) is 11.7. The molecule has 0 amide bonds. The van der Waals surface area contributed by atoms with E-state index in [0.29, 0.717) is 48.8 Å². The van der Waals surface area contributed by atoms with Gasteiger partial charge in [0, 0.05) is 38.4 Å². The Morgan fingerprint density at radius 1 is 1.26 bits per heavy atom. The van der Waals surface area contributed by atoms with Crippen LogP contribution in [-0.2, 0) is 16.0 Å². The normalized spacial score (nSPS) is 18.3. The summed E-state index contributed by atoms with van der Waals surface area (Å²) in [5.41, 5.74) is 0.186. The quantitative estimate of drug-likeness (QED) is 0.530. The van der Waals surface area contributed by atoms with E-state index in [1.807, 2.05) is 17.0 Å². The monoisotopic (exact) mass is 500 g/mol. The summed E-state index contributed by atoms with van der Waals surface area (Å²) in [6, 6.07) is 6.19. The van der Waals surface area contributed by atoms with Crippen molar-refractivity contribution in [2.45, 2.75) is 51.7 Å². The minimum Gasteiger partial charge on any atom is -0.480 e. The number of ether oxygens (including phenoxy) is 1. The van der Waals surface area contributed by atoms with E-state index in [4.69, 9.17) is 20.9 Å². The molecular formula is C23H25ClN6O5. The van der Waals surface area contributed by atoms with Crippen LogP contribution in [0.5, 0.6) is 0 Å². The number of anilines is 1. The minimum absolute atomic E-state index is 0.155. The molecule has 2 aliphatic rings. The predicted molar refractivity (Wildman–Crippen MR) is 124 cm³/mol. The van der Waals surface area contributed by atoms with Gasteiger partial charge in [-0.2, -0.15) is 0 Å². The van der Waals surface area contributed by atoms with E-state index in [1.165, 1.54) is 0 Å². The van der Waals surface area contributed by atoms with Crippen LogP contribution in [0, 0.1) is 5.41 Å². The van der Waals surface area contributed by atoms with Gasteiger partial charge in [0.2, 0.25) is 11.6 Å². The number of esters is 1. The number of nitrogens with zero attached hydrogens (tertiary/aromatic N) is 6. The number of piperidine rings is 1. The molecule has 2 aromatic heterocycles. The molecular weight excluding hydrogens is 476 g/mol. The van der Waals surface area contributed by atoms with Gasteiger partial charge in [0.25, 0.3) is 0 Å². The molecule has 184 valence electrons. The van der Waals surface area contributed by atoms with E-state index < -0.39 is 23.0 Å². The van der Waals surface area contributed by atoms with E-state index in [-0.39, 0.29) is 17.6 Å². The van der Waals surface area contributed by atoms with Gasteiger partial charge in [-0.1, -0.05) is 49.7 Å². The second-order valence-corrected chi connectivity index (χ2v) is 10.5. The maximum atomic E-state index is 12.6. The van der Waals surface area contributed by atoms with Gasteiger partial charge in [0.15, 0.2) is 11.9 Å².